The minimum absolute atomic E-state index is 0.0153. The Morgan fingerprint density at radius 1 is 1.28 bits per heavy atom. The van der Waals surface area contributed by atoms with Crippen LogP contribution in [0, 0.1) is 6.92 Å². The van der Waals surface area contributed by atoms with Crippen molar-refractivity contribution in [3.05, 3.63) is 17.8 Å². The summed E-state index contributed by atoms with van der Waals surface area (Å²) < 4.78 is 42.4. The Hall–Kier alpha value is -1.84. The molecule has 0 aliphatic carbocycles. The van der Waals surface area contributed by atoms with Crippen molar-refractivity contribution in [2.75, 3.05) is 5.73 Å². The van der Waals surface area contributed by atoms with E-state index < -0.39 is 12.0 Å². The van der Waals surface area contributed by atoms with E-state index in [1.807, 2.05) is 0 Å². The lowest BCUT2D eigenvalue weighted by atomic mass is 10.5. The molecule has 2 aromatic rings. The highest BCUT2D eigenvalue weighted by Crippen LogP contribution is 2.31. The molecule has 18 heavy (non-hydrogen) atoms. The van der Waals surface area contributed by atoms with Gasteiger partial charge in [0, 0.05) is 13.0 Å². The van der Waals surface area contributed by atoms with E-state index in [-0.39, 0.29) is 16.1 Å². The average Bonchev–Trinajstić information content (AvgIpc) is 2.61. The van der Waals surface area contributed by atoms with E-state index >= 15 is 0 Å². The molecule has 96 valence electrons. The lowest BCUT2D eigenvalue weighted by Crippen LogP contribution is -2.12. The number of rotatable bonds is 2. The molecule has 0 aliphatic heterocycles. The number of nitrogens with zero attached hydrogens (tertiary/aromatic N) is 4. The first-order chi connectivity index (χ1) is 8.34. The van der Waals surface area contributed by atoms with E-state index in [0.717, 1.165) is 11.8 Å². The molecule has 2 aromatic heterocycles. The molecule has 0 fully saturated rings. The van der Waals surface area contributed by atoms with Crippen molar-refractivity contribution in [1.29, 1.82) is 0 Å². The Kier molecular flexibility index (Phi) is 3.11. The van der Waals surface area contributed by atoms with Crippen molar-refractivity contribution in [2.24, 2.45) is 0 Å². The molecule has 0 saturated heterocycles. The van der Waals surface area contributed by atoms with E-state index in [1.54, 1.807) is 6.92 Å². The molecule has 10 heteroatoms. The highest BCUT2D eigenvalue weighted by atomic mass is 32.2. The molecule has 0 unspecified atom stereocenters. The summed E-state index contributed by atoms with van der Waals surface area (Å²) in [5.41, 5.74) is 5.28. The Bertz CT molecular complexity index is 570. The van der Waals surface area contributed by atoms with Crippen LogP contribution in [0.4, 0.5) is 19.0 Å². The van der Waals surface area contributed by atoms with Crippen molar-refractivity contribution >= 4 is 17.6 Å². The van der Waals surface area contributed by atoms with Gasteiger partial charge >= 0.3 is 6.18 Å². The van der Waals surface area contributed by atoms with Gasteiger partial charge in [0.1, 0.15) is 10.8 Å². The summed E-state index contributed by atoms with van der Waals surface area (Å²) in [4.78, 5) is 6.44. The van der Waals surface area contributed by atoms with Crippen LogP contribution < -0.4 is 5.73 Å². The fourth-order valence-electron chi connectivity index (χ4n) is 1.03. The van der Waals surface area contributed by atoms with Crippen LogP contribution in [0.25, 0.3) is 0 Å². The van der Waals surface area contributed by atoms with E-state index in [4.69, 9.17) is 10.2 Å². The predicted molar refractivity (Wildman–Crippen MR) is 54.6 cm³/mol. The molecule has 6 nitrogen and oxygen atoms in total. The lowest BCUT2D eigenvalue weighted by Gasteiger charge is -2.06. The van der Waals surface area contributed by atoms with E-state index in [0.29, 0.717) is 5.89 Å². The third-order valence-electron chi connectivity index (χ3n) is 1.68. The zero-order valence-corrected chi connectivity index (χ0v) is 9.71. The van der Waals surface area contributed by atoms with Crippen LogP contribution in [-0.2, 0) is 6.18 Å². The third-order valence-corrected chi connectivity index (χ3v) is 2.43. The molecule has 2 rings (SSSR count). The van der Waals surface area contributed by atoms with Gasteiger partial charge in [0.2, 0.25) is 11.7 Å². The summed E-state index contributed by atoms with van der Waals surface area (Å²) in [6.45, 7) is 1.56. The summed E-state index contributed by atoms with van der Waals surface area (Å²) in [5, 5.41) is 7.24. The second-order valence-corrected chi connectivity index (χ2v) is 4.11. The van der Waals surface area contributed by atoms with Crippen LogP contribution in [0.3, 0.4) is 0 Å². The first kappa shape index (κ1) is 12.6. The first-order valence-electron chi connectivity index (χ1n) is 4.54. The van der Waals surface area contributed by atoms with Crippen molar-refractivity contribution in [3.8, 4) is 0 Å². The molecule has 0 spiro atoms. The van der Waals surface area contributed by atoms with Gasteiger partial charge < -0.3 is 10.2 Å². The van der Waals surface area contributed by atoms with Crippen molar-refractivity contribution < 1.29 is 17.6 Å². The van der Waals surface area contributed by atoms with E-state index in [1.165, 1.54) is 6.07 Å². The maximum Gasteiger partial charge on any atom is 0.451 e. The molecular weight excluding hydrogens is 271 g/mol. The van der Waals surface area contributed by atoms with Gasteiger partial charge in [-0.1, -0.05) is 0 Å². The maximum absolute atomic E-state index is 12.4. The van der Waals surface area contributed by atoms with Crippen LogP contribution in [0.15, 0.2) is 20.7 Å². The number of aryl methyl sites for hydroxylation is 1. The predicted octanol–water partition coefficient (Wildman–Crippen LogP) is 1.92. The highest BCUT2D eigenvalue weighted by Gasteiger charge is 2.35. The Morgan fingerprint density at radius 2 is 2.00 bits per heavy atom. The minimum Gasteiger partial charge on any atom is -0.416 e. The van der Waals surface area contributed by atoms with Crippen molar-refractivity contribution in [3.63, 3.8) is 0 Å². The van der Waals surface area contributed by atoms with Gasteiger partial charge in [-0.3, -0.25) is 0 Å². The van der Waals surface area contributed by atoms with Crippen LogP contribution in [0.1, 0.15) is 11.7 Å². The molecule has 0 bridgehead atoms. The van der Waals surface area contributed by atoms with Crippen molar-refractivity contribution in [1.82, 2.24) is 20.2 Å². The summed E-state index contributed by atoms with van der Waals surface area (Å²) in [7, 11) is 0. The number of aromatic nitrogens is 4. The fourth-order valence-corrected chi connectivity index (χ4v) is 1.77. The Labute approximate surface area is 103 Å². The molecule has 2 N–H and O–H groups in total. The molecule has 0 aliphatic rings. The van der Waals surface area contributed by atoms with E-state index in [9.17, 15) is 13.2 Å². The smallest absolute Gasteiger partial charge is 0.416 e. The van der Waals surface area contributed by atoms with Gasteiger partial charge in [-0.15, -0.1) is 10.2 Å². The van der Waals surface area contributed by atoms with Crippen LogP contribution >= 0.6 is 11.8 Å². The normalized spacial score (nSPS) is 11.8. The van der Waals surface area contributed by atoms with Gasteiger partial charge in [0.25, 0.3) is 5.22 Å². The number of alkyl halides is 3. The number of halogens is 3. The van der Waals surface area contributed by atoms with Gasteiger partial charge in [-0.2, -0.15) is 13.2 Å². The largest absolute Gasteiger partial charge is 0.451 e. The van der Waals surface area contributed by atoms with Crippen molar-refractivity contribution in [2.45, 2.75) is 23.3 Å². The number of hydrogen-bond acceptors (Lipinski definition) is 7. The summed E-state index contributed by atoms with van der Waals surface area (Å²) >= 11 is 0.781. The Morgan fingerprint density at radius 3 is 2.56 bits per heavy atom. The molecule has 0 amide bonds. The van der Waals surface area contributed by atoms with Gasteiger partial charge in [-0.05, 0) is 11.8 Å². The first-order valence-corrected chi connectivity index (χ1v) is 5.36. The Balaban J connectivity index is 2.31. The number of nitrogen functional groups attached to an aromatic ring is 1. The molecule has 2 heterocycles. The topological polar surface area (TPSA) is 90.7 Å². The SMILES string of the molecule is Cc1nnc(Sc2cc(N)nc(C(F)(F)F)n2)o1. The average molecular weight is 277 g/mol. The summed E-state index contributed by atoms with van der Waals surface area (Å²) in [5.74, 6) is -1.28. The molecule has 0 saturated carbocycles. The van der Waals surface area contributed by atoms with E-state index in [2.05, 4.69) is 20.2 Å². The second-order valence-electron chi connectivity index (χ2n) is 3.14. The third kappa shape index (κ3) is 2.88. The fraction of sp³-hybridized carbons (Fsp3) is 0.250. The highest BCUT2D eigenvalue weighted by molar-refractivity contribution is 7.99. The summed E-state index contributed by atoms with van der Waals surface area (Å²) in [6.07, 6.45) is -4.66. The molecule has 0 aromatic carbocycles. The van der Waals surface area contributed by atoms with Crippen LogP contribution in [0.2, 0.25) is 0 Å². The molecular formula is C8H6F3N5OS. The molecule has 0 radical (unpaired) electrons. The van der Waals surface area contributed by atoms with Gasteiger partial charge in [-0.25, -0.2) is 9.97 Å². The zero-order chi connectivity index (χ0) is 13.3. The van der Waals surface area contributed by atoms with Crippen LogP contribution in [-0.4, -0.2) is 20.2 Å². The number of hydrogen-bond donors (Lipinski definition) is 1. The minimum atomic E-state index is -4.66. The van der Waals surface area contributed by atoms with Crippen LogP contribution in [0.5, 0.6) is 0 Å². The van der Waals surface area contributed by atoms with Gasteiger partial charge in [0.15, 0.2) is 0 Å². The standard InChI is InChI=1S/C8H6F3N5OS/c1-3-15-16-7(17-3)18-5-2-4(12)13-6(14-5)8(9,10)11/h2H,1H3,(H2,12,13,14). The molecule has 0 atom stereocenters. The second kappa shape index (κ2) is 4.44. The number of nitrogens with two attached hydrogens (primary N) is 1. The quantitative estimate of drug-likeness (QED) is 0.838. The monoisotopic (exact) mass is 277 g/mol. The number of anilines is 1. The zero-order valence-electron chi connectivity index (χ0n) is 8.89. The van der Waals surface area contributed by atoms with Gasteiger partial charge in [0.05, 0.1) is 0 Å². The lowest BCUT2D eigenvalue weighted by molar-refractivity contribution is -0.145. The maximum atomic E-state index is 12.4. The summed E-state index contributed by atoms with van der Waals surface area (Å²) in [6, 6.07) is 1.19.